The maximum absolute atomic E-state index is 11.2. The van der Waals surface area contributed by atoms with Crippen LogP contribution in [0, 0.1) is 0 Å². The Labute approximate surface area is 122 Å². The van der Waals surface area contributed by atoms with E-state index >= 15 is 0 Å². The summed E-state index contributed by atoms with van der Waals surface area (Å²) >= 11 is 0. The molecule has 1 amide bonds. The van der Waals surface area contributed by atoms with Crippen LogP contribution in [0.15, 0.2) is 6.20 Å². The largest absolute Gasteiger partial charge is 0.367 e. The fourth-order valence-corrected chi connectivity index (χ4v) is 1.13. The van der Waals surface area contributed by atoms with Gasteiger partial charge in [-0.15, -0.1) is 0 Å². The van der Waals surface area contributed by atoms with Gasteiger partial charge in [0.1, 0.15) is 5.82 Å². The van der Waals surface area contributed by atoms with Gasteiger partial charge < -0.3 is 16.4 Å². The van der Waals surface area contributed by atoms with E-state index in [2.05, 4.69) is 20.6 Å². The van der Waals surface area contributed by atoms with Crippen molar-refractivity contribution >= 4 is 17.7 Å². The first-order valence-corrected chi connectivity index (χ1v) is 7.19. The van der Waals surface area contributed by atoms with Gasteiger partial charge >= 0.3 is 0 Å². The smallest absolute Gasteiger partial charge is 0.254 e. The Morgan fingerprint density at radius 1 is 1.35 bits per heavy atom. The lowest BCUT2D eigenvalue weighted by molar-refractivity contribution is 0.100. The minimum Gasteiger partial charge on any atom is -0.367 e. The number of hydrogen-bond acceptors (Lipinski definition) is 5. The van der Waals surface area contributed by atoms with Crippen molar-refractivity contribution in [1.82, 2.24) is 9.97 Å². The van der Waals surface area contributed by atoms with Gasteiger partial charge in [0.2, 0.25) is 5.95 Å². The SMILES string of the molecule is CC.CC.CCC(C)Nc1nc(NC)ncc1C(N)=O. The molecule has 1 aromatic rings. The molecule has 1 rings (SSSR count). The van der Waals surface area contributed by atoms with Crippen LogP contribution in [-0.4, -0.2) is 29.0 Å². The van der Waals surface area contributed by atoms with Crippen molar-refractivity contribution in [1.29, 1.82) is 0 Å². The second kappa shape index (κ2) is 12.2. The topological polar surface area (TPSA) is 92.9 Å². The molecule has 6 nitrogen and oxygen atoms in total. The number of amides is 1. The zero-order valence-electron chi connectivity index (χ0n) is 13.7. The van der Waals surface area contributed by atoms with Gasteiger partial charge in [0, 0.05) is 19.3 Å². The molecule has 0 saturated heterocycles. The van der Waals surface area contributed by atoms with Crippen LogP contribution in [0.5, 0.6) is 0 Å². The van der Waals surface area contributed by atoms with Crippen molar-refractivity contribution in [3.63, 3.8) is 0 Å². The van der Waals surface area contributed by atoms with Crippen LogP contribution in [-0.2, 0) is 0 Å². The summed E-state index contributed by atoms with van der Waals surface area (Å²) in [6.45, 7) is 12.0. The van der Waals surface area contributed by atoms with E-state index in [1.165, 1.54) is 6.20 Å². The van der Waals surface area contributed by atoms with Gasteiger partial charge in [-0.25, -0.2) is 4.98 Å². The molecule has 20 heavy (non-hydrogen) atoms. The van der Waals surface area contributed by atoms with Crippen LogP contribution in [0.3, 0.4) is 0 Å². The fraction of sp³-hybridized carbons (Fsp3) is 0.643. The molecule has 0 aliphatic rings. The second-order valence-electron chi connectivity index (χ2n) is 3.52. The molecule has 116 valence electrons. The van der Waals surface area contributed by atoms with Crippen LogP contribution < -0.4 is 16.4 Å². The van der Waals surface area contributed by atoms with Crippen molar-refractivity contribution < 1.29 is 4.79 Å². The van der Waals surface area contributed by atoms with Crippen LogP contribution in [0.2, 0.25) is 0 Å². The maximum atomic E-state index is 11.2. The van der Waals surface area contributed by atoms with Gasteiger partial charge in [0.25, 0.3) is 5.91 Å². The summed E-state index contributed by atoms with van der Waals surface area (Å²) < 4.78 is 0. The minimum atomic E-state index is -0.534. The number of carbonyl (C=O) groups excluding carboxylic acids is 1. The first kappa shape index (κ1) is 20.5. The monoisotopic (exact) mass is 283 g/mol. The number of hydrogen-bond donors (Lipinski definition) is 3. The molecule has 4 N–H and O–H groups in total. The van der Waals surface area contributed by atoms with Gasteiger partial charge in [-0.1, -0.05) is 34.6 Å². The Kier molecular flexibility index (Phi) is 12.5. The number of rotatable bonds is 5. The van der Waals surface area contributed by atoms with E-state index in [-0.39, 0.29) is 6.04 Å². The first-order chi connectivity index (χ1) is 9.58. The van der Waals surface area contributed by atoms with E-state index in [1.807, 2.05) is 41.5 Å². The lowest BCUT2D eigenvalue weighted by Gasteiger charge is -2.14. The van der Waals surface area contributed by atoms with Crippen LogP contribution in [0.25, 0.3) is 0 Å². The molecular weight excluding hydrogens is 254 g/mol. The predicted molar refractivity (Wildman–Crippen MR) is 86.2 cm³/mol. The Morgan fingerprint density at radius 3 is 2.30 bits per heavy atom. The normalized spacial score (nSPS) is 10.2. The quantitative estimate of drug-likeness (QED) is 0.772. The van der Waals surface area contributed by atoms with E-state index in [9.17, 15) is 4.79 Å². The second-order valence-corrected chi connectivity index (χ2v) is 3.52. The zero-order valence-corrected chi connectivity index (χ0v) is 13.7. The standard InChI is InChI=1S/C10H17N5O.2C2H6/c1-4-6(2)14-9-7(8(11)16)5-13-10(12-3)15-9;2*1-2/h5-6H,4H2,1-3H3,(H2,11,16)(H2,12,13,14,15);2*1-2H3. The van der Waals surface area contributed by atoms with E-state index in [4.69, 9.17) is 5.73 Å². The highest BCUT2D eigenvalue weighted by molar-refractivity contribution is 5.97. The summed E-state index contributed by atoms with van der Waals surface area (Å²) in [6.07, 6.45) is 2.35. The molecule has 0 radical (unpaired) electrons. The minimum absolute atomic E-state index is 0.220. The molecule has 1 unspecified atom stereocenters. The maximum Gasteiger partial charge on any atom is 0.254 e. The third-order valence-electron chi connectivity index (χ3n) is 2.27. The fourth-order valence-electron chi connectivity index (χ4n) is 1.13. The van der Waals surface area contributed by atoms with Gasteiger partial charge in [0.05, 0.1) is 5.56 Å². The van der Waals surface area contributed by atoms with Gasteiger partial charge in [-0.05, 0) is 13.3 Å². The number of anilines is 2. The molecule has 0 aromatic carbocycles. The van der Waals surface area contributed by atoms with Crippen molar-refractivity contribution in [3.05, 3.63) is 11.8 Å². The highest BCUT2D eigenvalue weighted by Crippen LogP contribution is 2.14. The van der Waals surface area contributed by atoms with Crippen molar-refractivity contribution in [2.24, 2.45) is 5.73 Å². The highest BCUT2D eigenvalue weighted by Gasteiger charge is 2.12. The zero-order chi connectivity index (χ0) is 16.1. The molecular formula is C14H29N5O. The van der Waals surface area contributed by atoms with Crippen molar-refractivity contribution in [3.8, 4) is 0 Å². The molecule has 1 aromatic heterocycles. The summed E-state index contributed by atoms with van der Waals surface area (Å²) in [5, 5.41) is 5.93. The van der Waals surface area contributed by atoms with E-state index in [0.717, 1.165) is 6.42 Å². The van der Waals surface area contributed by atoms with Gasteiger partial charge in [-0.2, -0.15) is 4.98 Å². The van der Waals surface area contributed by atoms with E-state index in [1.54, 1.807) is 7.05 Å². The van der Waals surface area contributed by atoms with E-state index in [0.29, 0.717) is 17.3 Å². The Morgan fingerprint density at radius 2 is 1.90 bits per heavy atom. The Balaban J connectivity index is 0. The molecule has 0 aliphatic carbocycles. The molecule has 0 spiro atoms. The Bertz CT molecular complexity index is 382. The molecule has 1 atom stereocenters. The highest BCUT2D eigenvalue weighted by atomic mass is 16.1. The number of primary amides is 1. The van der Waals surface area contributed by atoms with Crippen LogP contribution in [0.1, 0.15) is 58.3 Å². The number of nitrogens with two attached hydrogens (primary N) is 1. The Hall–Kier alpha value is -1.85. The van der Waals surface area contributed by atoms with Crippen molar-refractivity contribution in [2.75, 3.05) is 17.7 Å². The average Bonchev–Trinajstić information content (AvgIpc) is 2.50. The summed E-state index contributed by atoms with van der Waals surface area (Å²) in [7, 11) is 1.71. The molecule has 0 aliphatic heterocycles. The molecule has 6 heteroatoms. The summed E-state index contributed by atoms with van der Waals surface area (Å²) in [4.78, 5) is 19.3. The summed E-state index contributed by atoms with van der Waals surface area (Å²) in [5.41, 5.74) is 5.55. The first-order valence-electron chi connectivity index (χ1n) is 7.19. The van der Waals surface area contributed by atoms with E-state index < -0.39 is 5.91 Å². The third-order valence-corrected chi connectivity index (χ3v) is 2.27. The van der Waals surface area contributed by atoms with Crippen molar-refractivity contribution in [2.45, 2.75) is 54.0 Å². The molecule has 0 bridgehead atoms. The molecule has 1 heterocycles. The summed E-state index contributed by atoms with van der Waals surface area (Å²) in [6, 6.07) is 0.220. The lowest BCUT2D eigenvalue weighted by atomic mass is 10.2. The van der Waals surface area contributed by atoms with Crippen LogP contribution in [0.4, 0.5) is 11.8 Å². The number of aromatic nitrogens is 2. The summed E-state index contributed by atoms with van der Waals surface area (Å²) in [5.74, 6) is 0.394. The third kappa shape index (κ3) is 6.92. The van der Waals surface area contributed by atoms with Gasteiger partial charge in [0.15, 0.2) is 0 Å². The number of nitrogens with zero attached hydrogens (tertiary/aromatic N) is 2. The number of nitrogens with one attached hydrogen (secondary N) is 2. The number of carbonyl (C=O) groups is 1. The lowest BCUT2D eigenvalue weighted by Crippen LogP contribution is -2.21. The average molecular weight is 283 g/mol. The molecule has 0 saturated carbocycles. The molecule has 0 fully saturated rings. The van der Waals surface area contributed by atoms with Gasteiger partial charge in [-0.3, -0.25) is 4.79 Å². The predicted octanol–water partition coefficient (Wildman–Crippen LogP) is 2.88. The van der Waals surface area contributed by atoms with Crippen LogP contribution >= 0.6 is 0 Å².